The van der Waals surface area contributed by atoms with Crippen molar-refractivity contribution in [1.82, 2.24) is 10.2 Å². The Hall–Kier alpha value is -0.590. The fraction of sp³-hybridized carbons (Fsp3) is 0.923. The van der Waals surface area contributed by atoms with Gasteiger partial charge in [-0.25, -0.2) is 0 Å². The Morgan fingerprint density at radius 1 is 1.38 bits per heavy atom. The topological polar surface area (TPSA) is 39.1 Å². The maximum Gasteiger partial charge on any atom is 0.104 e. The van der Waals surface area contributed by atoms with Gasteiger partial charge in [-0.3, -0.25) is 0 Å². The van der Waals surface area contributed by atoms with Gasteiger partial charge in [0.05, 0.1) is 6.07 Å². The van der Waals surface area contributed by atoms with Crippen molar-refractivity contribution in [1.29, 1.82) is 5.26 Å². The highest BCUT2D eigenvalue weighted by Gasteiger charge is 2.25. The summed E-state index contributed by atoms with van der Waals surface area (Å²) in [5, 5.41) is 12.2. The van der Waals surface area contributed by atoms with Crippen LogP contribution in [0.4, 0.5) is 0 Å². The van der Waals surface area contributed by atoms with E-state index in [1.807, 2.05) is 14.0 Å². The quantitative estimate of drug-likeness (QED) is 0.790. The summed E-state index contributed by atoms with van der Waals surface area (Å²) in [6.07, 6.45) is 2.25. The van der Waals surface area contributed by atoms with E-state index in [1.54, 1.807) is 0 Å². The van der Waals surface area contributed by atoms with Crippen LogP contribution in [0, 0.1) is 23.2 Å². The first-order valence-electron chi connectivity index (χ1n) is 6.31. The number of likely N-dealkylation sites (tertiary alicyclic amines) is 1. The summed E-state index contributed by atoms with van der Waals surface area (Å²) in [6.45, 7) is 10.0. The van der Waals surface area contributed by atoms with Crippen LogP contribution in [0.15, 0.2) is 0 Å². The highest BCUT2D eigenvalue weighted by molar-refractivity contribution is 5.03. The van der Waals surface area contributed by atoms with E-state index in [0.29, 0.717) is 0 Å². The zero-order chi connectivity index (χ0) is 12.2. The first-order valence-corrected chi connectivity index (χ1v) is 6.31. The van der Waals surface area contributed by atoms with Gasteiger partial charge in [0, 0.05) is 19.6 Å². The van der Waals surface area contributed by atoms with Gasteiger partial charge in [0.2, 0.25) is 0 Å². The molecule has 3 atom stereocenters. The minimum atomic E-state index is -0.371. The largest absolute Gasteiger partial charge is 0.303 e. The monoisotopic (exact) mass is 223 g/mol. The Balaban J connectivity index is 2.40. The highest BCUT2D eigenvalue weighted by Crippen LogP contribution is 2.21. The van der Waals surface area contributed by atoms with E-state index in [9.17, 15) is 0 Å². The van der Waals surface area contributed by atoms with Crippen molar-refractivity contribution in [3.63, 3.8) is 0 Å². The molecule has 0 amide bonds. The Bertz CT molecular complexity index is 248. The molecule has 1 N–H and O–H groups in total. The molecule has 0 aromatic heterocycles. The Labute approximate surface area is 99.8 Å². The number of nitrogens with zero attached hydrogens (tertiary/aromatic N) is 2. The fourth-order valence-electron chi connectivity index (χ4n) is 2.59. The molecule has 0 aromatic rings. The van der Waals surface area contributed by atoms with Crippen LogP contribution < -0.4 is 5.32 Å². The zero-order valence-corrected chi connectivity index (χ0v) is 11.1. The van der Waals surface area contributed by atoms with Crippen LogP contribution in [-0.2, 0) is 0 Å². The summed E-state index contributed by atoms with van der Waals surface area (Å²) >= 11 is 0. The minimum Gasteiger partial charge on any atom is -0.303 e. The normalized spacial score (nSPS) is 30.7. The molecule has 0 bridgehead atoms. The molecule has 0 spiro atoms. The number of rotatable bonds is 4. The van der Waals surface area contributed by atoms with Gasteiger partial charge in [0.15, 0.2) is 0 Å². The summed E-state index contributed by atoms with van der Waals surface area (Å²) in [7, 11) is 1.87. The molecule has 3 heteroatoms. The van der Waals surface area contributed by atoms with E-state index in [4.69, 9.17) is 5.26 Å². The molecule has 92 valence electrons. The zero-order valence-electron chi connectivity index (χ0n) is 11.1. The van der Waals surface area contributed by atoms with Gasteiger partial charge in [0.25, 0.3) is 0 Å². The van der Waals surface area contributed by atoms with Gasteiger partial charge in [0.1, 0.15) is 5.54 Å². The molecule has 3 nitrogen and oxygen atoms in total. The van der Waals surface area contributed by atoms with Crippen LogP contribution >= 0.6 is 0 Å². The molecule has 1 heterocycles. The predicted octanol–water partition coefficient (Wildman–Crippen LogP) is 1.86. The summed E-state index contributed by atoms with van der Waals surface area (Å²) in [5.74, 6) is 1.60. The molecule has 0 saturated carbocycles. The van der Waals surface area contributed by atoms with Crippen LogP contribution in [0.2, 0.25) is 0 Å². The average Bonchev–Trinajstić information content (AvgIpc) is 2.25. The SMILES string of the molecule is CNC(C)(C#N)CCN1CC(C)CC(C)C1. The molecule has 0 aliphatic carbocycles. The summed E-state index contributed by atoms with van der Waals surface area (Å²) < 4.78 is 0. The van der Waals surface area contributed by atoms with Gasteiger partial charge in [-0.2, -0.15) is 5.26 Å². The molecular formula is C13H25N3. The third kappa shape index (κ3) is 3.77. The van der Waals surface area contributed by atoms with Gasteiger partial charge >= 0.3 is 0 Å². The lowest BCUT2D eigenvalue weighted by Gasteiger charge is -2.36. The van der Waals surface area contributed by atoms with Crippen molar-refractivity contribution in [2.24, 2.45) is 11.8 Å². The number of nitrogens with one attached hydrogen (secondary N) is 1. The van der Waals surface area contributed by atoms with Gasteiger partial charge in [-0.05, 0) is 38.6 Å². The molecule has 0 radical (unpaired) electrons. The molecule has 1 fully saturated rings. The number of hydrogen-bond acceptors (Lipinski definition) is 3. The van der Waals surface area contributed by atoms with Gasteiger partial charge in [-0.1, -0.05) is 13.8 Å². The molecule has 1 rings (SSSR count). The van der Waals surface area contributed by atoms with E-state index in [0.717, 1.165) is 24.8 Å². The lowest BCUT2D eigenvalue weighted by atomic mass is 9.91. The number of piperidine rings is 1. The van der Waals surface area contributed by atoms with Crippen molar-refractivity contribution in [3.05, 3.63) is 0 Å². The van der Waals surface area contributed by atoms with Crippen molar-refractivity contribution < 1.29 is 0 Å². The van der Waals surface area contributed by atoms with E-state index < -0.39 is 0 Å². The Morgan fingerprint density at radius 2 is 1.94 bits per heavy atom. The third-order valence-corrected chi connectivity index (χ3v) is 3.67. The predicted molar refractivity (Wildman–Crippen MR) is 67.1 cm³/mol. The van der Waals surface area contributed by atoms with E-state index >= 15 is 0 Å². The third-order valence-electron chi connectivity index (χ3n) is 3.67. The molecular weight excluding hydrogens is 198 g/mol. The van der Waals surface area contributed by atoms with E-state index in [-0.39, 0.29) is 5.54 Å². The van der Waals surface area contributed by atoms with Gasteiger partial charge in [-0.15, -0.1) is 0 Å². The van der Waals surface area contributed by atoms with E-state index in [1.165, 1.54) is 19.5 Å². The lowest BCUT2D eigenvalue weighted by Crippen LogP contribution is -2.45. The van der Waals surface area contributed by atoms with Crippen molar-refractivity contribution in [3.8, 4) is 6.07 Å². The van der Waals surface area contributed by atoms with Gasteiger partial charge < -0.3 is 10.2 Å². The molecule has 0 aromatic carbocycles. The van der Waals surface area contributed by atoms with Crippen LogP contribution in [0.3, 0.4) is 0 Å². The van der Waals surface area contributed by atoms with Crippen LogP contribution in [0.25, 0.3) is 0 Å². The molecule has 1 saturated heterocycles. The number of hydrogen-bond donors (Lipinski definition) is 1. The summed E-state index contributed by atoms with van der Waals surface area (Å²) in [4.78, 5) is 2.51. The van der Waals surface area contributed by atoms with Crippen molar-refractivity contribution in [2.45, 2.75) is 39.2 Å². The Kier molecular flexibility index (Phi) is 4.76. The lowest BCUT2D eigenvalue weighted by molar-refractivity contribution is 0.133. The maximum atomic E-state index is 9.09. The molecule has 1 aliphatic heterocycles. The average molecular weight is 223 g/mol. The smallest absolute Gasteiger partial charge is 0.104 e. The fourth-order valence-corrected chi connectivity index (χ4v) is 2.59. The van der Waals surface area contributed by atoms with Crippen molar-refractivity contribution in [2.75, 3.05) is 26.7 Å². The first-order chi connectivity index (χ1) is 7.49. The summed E-state index contributed by atoms with van der Waals surface area (Å²) in [5.41, 5.74) is -0.371. The van der Waals surface area contributed by atoms with Crippen molar-refractivity contribution >= 4 is 0 Å². The molecule has 1 aliphatic rings. The second-order valence-electron chi connectivity index (χ2n) is 5.65. The maximum absolute atomic E-state index is 9.09. The molecule has 16 heavy (non-hydrogen) atoms. The minimum absolute atomic E-state index is 0.371. The standard InChI is InChI=1S/C13H25N3/c1-11-7-12(2)9-16(8-11)6-5-13(3,10-14)15-4/h11-12,15H,5-9H2,1-4H3. The van der Waals surface area contributed by atoms with Crippen LogP contribution in [0.5, 0.6) is 0 Å². The highest BCUT2D eigenvalue weighted by atomic mass is 15.1. The Morgan fingerprint density at radius 3 is 2.38 bits per heavy atom. The molecule has 3 unspecified atom stereocenters. The first kappa shape index (κ1) is 13.5. The number of nitriles is 1. The van der Waals surface area contributed by atoms with Crippen LogP contribution in [0.1, 0.15) is 33.6 Å². The van der Waals surface area contributed by atoms with Crippen LogP contribution in [-0.4, -0.2) is 37.1 Å². The van der Waals surface area contributed by atoms with E-state index in [2.05, 4.69) is 30.1 Å². The second-order valence-corrected chi connectivity index (χ2v) is 5.65. The summed E-state index contributed by atoms with van der Waals surface area (Å²) in [6, 6.07) is 2.35. The second kappa shape index (κ2) is 5.65.